The maximum absolute atomic E-state index is 13.0. The van der Waals surface area contributed by atoms with E-state index >= 15 is 0 Å². The Kier molecular flexibility index (Phi) is 7.59. The molecule has 0 aliphatic heterocycles. The van der Waals surface area contributed by atoms with Gasteiger partial charge in [0.1, 0.15) is 6.07 Å². The van der Waals surface area contributed by atoms with Gasteiger partial charge in [0.2, 0.25) is 5.91 Å². The first kappa shape index (κ1) is 22.7. The Morgan fingerprint density at radius 2 is 1.58 bits per heavy atom. The van der Waals surface area contributed by atoms with Gasteiger partial charge in [0.25, 0.3) is 5.91 Å². The first-order chi connectivity index (χ1) is 14.9. The Morgan fingerprint density at radius 1 is 0.968 bits per heavy atom. The van der Waals surface area contributed by atoms with E-state index in [-0.39, 0.29) is 12.5 Å². The van der Waals surface area contributed by atoms with Crippen molar-refractivity contribution in [2.75, 3.05) is 18.9 Å². The number of rotatable bonds is 6. The number of benzene rings is 3. The summed E-state index contributed by atoms with van der Waals surface area (Å²) in [4.78, 5) is 28.3. The van der Waals surface area contributed by atoms with Gasteiger partial charge in [-0.3, -0.25) is 9.59 Å². The Labute approximate surface area is 194 Å². The van der Waals surface area contributed by atoms with Gasteiger partial charge < -0.3 is 10.2 Å². The van der Waals surface area contributed by atoms with E-state index < -0.39 is 5.91 Å². The topological polar surface area (TPSA) is 73.2 Å². The molecule has 0 radical (unpaired) electrons. The molecule has 0 unspecified atom stereocenters. The van der Waals surface area contributed by atoms with Crippen LogP contribution < -0.4 is 5.32 Å². The summed E-state index contributed by atoms with van der Waals surface area (Å²) in [7, 11) is 1.54. The van der Waals surface area contributed by atoms with Crippen LogP contribution in [-0.2, 0) is 4.79 Å². The number of para-hydroxylation sites is 1. The van der Waals surface area contributed by atoms with Crippen LogP contribution in [0.25, 0.3) is 0 Å². The average molecular weight is 470 g/mol. The van der Waals surface area contributed by atoms with Crippen molar-refractivity contribution < 1.29 is 9.59 Å². The monoisotopic (exact) mass is 469 g/mol. The van der Waals surface area contributed by atoms with Crippen molar-refractivity contribution in [1.29, 1.82) is 5.26 Å². The summed E-state index contributed by atoms with van der Waals surface area (Å²) in [5.41, 5.74) is 1.27. The number of amides is 2. The lowest BCUT2D eigenvalue weighted by Gasteiger charge is -2.19. The summed E-state index contributed by atoms with van der Waals surface area (Å²) in [6, 6.07) is 21.3. The molecule has 3 aromatic rings. The molecular weight excluding hydrogens is 453 g/mol. The van der Waals surface area contributed by atoms with E-state index in [1.807, 2.05) is 24.3 Å². The van der Waals surface area contributed by atoms with Crippen molar-refractivity contribution in [3.05, 3.63) is 87.9 Å². The van der Waals surface area contributed by atoms with Gasteiger partial charge >= 0.3 is 0 Å². The van der Waals surface area contributed by atoms with Crippen molar-refractivity contribution in [2.45, 2.75) is 9.79 Å². The summed E-state index contributed by atoms with van der Waals surface area (Å²) in [6.45, 7) is -0.186. The van der Waals surface area contributed by atoms with E-state index in [4.69, 9.17) is 23.2 Å². The zero-order valence-corrected chi connectivity index (χ0v) is 18.8. The number of halogens is 2. The van der Waals surface area contributed by atoms with Crippen molar-refractivity contribution >= 4 is 52.5 Å². The molecule has 3 aromatic carbocycles. The molecule has 0 atom stereocenters. The molecule has 0 heterocycles. The SMILES string of the molecule is CN(CC(=O)Nc1c(Cl)cccc1Cl)C(=O)c1ccccc1Sc1ccccc1C#N. The first-order valence-electron chi connectivity index (χ1n) is 9.16. The van der Waals surface area contributed by atoms with E-state index in [1.54, 1.807) is 49.5 Å². The highest BCUT2D eigenvalue weighted by atomic mass is 35.5. The summed E-state index contributed by atoms with van der Waals surface area (Å²) in [5.74, 6) is -0.747. The molecule has 0 aromatic heterocycles. The molecule has 5 nitrogen and oxygen atoms in total. The number of hydrogen-bond acceptors (Lipinski definition) is 4. The summed E-state index contributed by atoms with van der Waals surface area (Å²) < 4.78 is 0. The molecule has 1 N–H and O–H groups in total. The Hall–Kier alpha value is -2.98. The quantitative estimate of drug-likeness (QED) is 0.500. The largest absolute Gasteiger partial charge is 0.332 e. The maximum Gasteiger partial charge on any atom is 0.255 e. The van der Waals surface area contributed by atoms with Crippen molar-refractivity contribution in [3.8, 4) is 6.07 Å². The summed E-state index contributed by atoms with van der Waals surface area (Å²) >= 11 is 13.5. The predicted molar refractivity (Wildman–Crippen MR) is 124 cm³/mol. The predicted octanol–water partition coefficient (Wildman–Crippen LogP) is 5.73. The number of anilines is 1. The second-order valence-electron chi connectivity index (χ2n) is 6.51. The lowest BCUT2D eigenvalue weighted by Crippen LogP contribution is -2.35. The van der Waals surface area contributed by atoms with Gasteiger partial charge in [-0.15, -0.1) is 0 Å². The molecule has 3 rings (SSSR count). The second-order valence-corrected chi connectivity index (χ2v) is 8.41. The fourth-order valence-electron chi connectivity index (χ4n) is 2.79. The van der Waals surface area contributed by atoms with Crippen LogP contribution in [0.5, 0.6) is 0 Å². The number of nitrogens with zero attached hydrogens (tertiary/aromatic N) is 2. The highest BCUT2D eigenvalue weighted by molar-refractivity contribution is 7.99. The van der Waals surface area contributed by atoms with E-state index in [2.05, 4.69) is 11.4 Å². The van der Waals surface area contributed by atoms with Crippen LogP contribution in [0.1, 0.15) is 15.9 Å². The molecule has 0 aliphatic rings. The van der Waals surface area contributed by atoms with Gasteiger partial charge in [-0.2, -0.15) is 5.26 Å². The van der Waals surface area contributed by atoms with Gasteiger partial charge in [-0.25, -0.2) is 0 Å². The fourth-order valence-corrected chi connectivity index (χ4v) is 4.30. The normalized spacial score (nSPS) is 10.3. The number of nitrogens with one attached hydrogen (secondary N) is 1. The van der Waals surface area contributed by atoms with Crippen LogP contribution in [0.3, 0.4) is 0 Å². The molecule has 0 spiro atoms. The number of carbonyl (C=O) groups excluding carboxylic acids is 2. The van der Waals surface area contributed by atoms with Crippen LogP contribution in [0, 0.1) is 11.3 Å². The van der Waals surface area contributed by atoms with E-state index in [0.717, 1.165) is 4.90 Å². The zero-order chi connectivity index (χ0) is 22.4. The van der Waals surface area contributed by atoms with Gasteiger partial charge in [-0.1, -0.05) is 65.3 Å². The smallest absolute Gasteiger partial charge is 0.255 e. The molecule has 156 valence electrons. The highest BCUT2D eigenvalue weighted by Gasteiger charge is 2.20. The number of hydrogen-bond donors (Lipinski definition) is 1. The minimum absolute atomic E-state index is 0.186. The molecule has 0 fully saturated rings. The third-order valence-electron chi connectivity index (χ3n) is 4.30. The Bertz CT molecular complexity index is 1160. The lowest BCUT2D eigenvalue weighted by molar-refractivity contribution is -0.116. The van der Waals surface area contributed by atoms with Gasteiger partial charge in [-0.05, 0) is 36.4 Å². The Balaban J connectivity index is 1.75. The highest BCUT2D eigenvalue weighted by Crippen LogP contribution is 2.33. The minimum atomic E-state index is -0.425. The van der Waals surface area contributed by atoms with Crippen LogP contribution >= 0.6 is 35.0 Å². The Morgan fingerprint density at radius 3 is 2.26 bits per heavy atom. The van der Waals surface area contributed by atoms with Gasteiger partial charge in [0.15, 0.2) is 0 Å². The standard InChI is InChI=1S/C23H17Cl2N3O2S/c1-28(14-21(29)27-22-17(24)9-6-10-18(22)25)23(30)16-8-3-5-12-20(16)31-19-11-4-2-7-15(19)13-26/h2-12H,14H2,1H3,(H,27,29). The zero-order valence-electron chi connectivity index (χ0n) is 16.4. The first-order valence-corrected chi connectivity index (χ1v) is 10.7. The number of nitriles is 1. The molecule has 8 heteroatoms. The summed E-state index contributed by atoms with van der Waals surface area (Å²) in [5, 5.41) is 12.6. The van der Waals surface area contributed by atoms with Crippen molar-refractivity contribution in [1.82, 2.24) is 4.90 Å². The molecule has 0 saturated carbocycles. The number of likely N-dealkylation sites (N-methyl/N-ethyl adjacent to an activating group) is 1. The van der Waals surface area contributed by atoms with Crippen LogP contribution in [0.4, 0.5) is 5.69 Å². The minimum Gasteiger partial charge on any atom is -0.332 e. The fraction of sp³-hybridized carbons (Fsp3) is 0.0870. The molecule has 31 heavy (non-hydrogen) atoms. The maximum atomic E-state index is 13.0. The number of carbonyl (C=O) groups is 2. The third-order valence-corrected chi connectivity index (χ3v) is 6.08. The molecule has 0 bridgehead atoms. The molecule has 2 amide bonds. The molecule has 0 saturated heterocycles. The van der Waals surface area contributed by atoms with Crippen molar-refractivity contribution in [2.24, 2.45) is 0 Å². The average Bonchev–Trinajstić information content (AvgIpc) is 2.76. The molecular formula is C23H17Cl2N3O2S. The van der Waals surface area contributed by atoms with Crippen LogP contribution in [0.15, 0.2) is 76.5 Å². The van der Waals surface area contributed by atoms with E-state index in [0.29, 0.717) is 31.8 Å². The lowest BCUT2D eigenvalue weighted by atomic mass is 10.2. The van der Waals surface area contributed by atoms with Gasteiger partial charge in [0, 0.05) is 16.8 Å². The molecule has 0 aliphatic carbocycles. The second kappa shape index (κ2) is 10.4. The van der Waals surface area contributed by atoms with Gasteiger partial charge in [0.05, 0.1) is 33.4 Å². The summed E-state index contributed by atoms with van der Waals surface area (Å²) in [6.07, 6.45) is 0. The van der Waals surface area contributed by atoms with Crippen LogP contribution in [0.2, 0.25) is 10.0 Å². The van der Waals surface area contributed by atoms with Crippen molar-refractivity contribution in [3.63, 3.8) is 0 Å². The third kappa shape index (κ3) is 5.59. The van der Waals surface area contributed by atoms with E-state index in [9.17, 15) is 14.9 Å². The van der Waals surface area contributed by atoms with E-state index in [1.165, 1.54) is 16.7 Å². The van der Waals surface area contributed by atoms with Crippen LogP contribution in [-0.4, -0.2) is 30.3 Å².